The van der Waals surface area contributed by atoms with Crippen molar-refractivity contribution in [3.05, 3.63) is 71.5 Å². The zero-order valence-electron chi connectivity index (χ0n) is 24.6. The van der Waals surface area contributed by atoms with Crippen LogP contribution in [0.3, 0.4) is 0 Å². The molecule has 2 aromatic carbocycles. The summed E-state index contributed by atoms with van der Waals surface area (Å²) in [6, 6.07) is 15.4. The van der Waals surface area contributed by atoms with Crippen molar-refractivity contribution < 1.29 is 23.9 Å². The lowest BCUT2D eigenvalue weighted by Gasteiger charge is -2.29. The van der Waals surface area contributed by atoms with Crippen molar-refractivity contribution in [3.8, 4) is 17.1 Å². The normalized spacial score (nSPS) is 19.6. The molecule has 0 radical (unpaired) electrons. The highest BCUT2D eigenvalue weighted by Gasteiger charge is 2.34. The SMILES string of the molecule is Cc1cc2nc(n1)-c1ccc(c(N)c1)OC[C@@H]1CCCN1C(=O)[C@@H](NC(=O)OCc1ccccc1)CCCCN(C)C2=O. The molecule has 4 bridgehead atoms. The highest BCUT2D eigenvalue weighted by molar-refractivity contribution is 5.92. The highest BCUT2D eigenvalue weighted by Crippen LogP contribution is 2.29. The number of fused-ring (bicyclic) bond motifs is 10. The molecule has 6 rings (SSSR count). The van der Waals surface area contributed by atoms with E-state index in [4.69, 9.17) is 15.2 Å². The molecule has 43 heavy (non-hydrogen) atoms. The lowest BCUT2D eigenvalue weighted by Crippen LogP contribution is -2.51. The smallest absolute Gasteiger partial charge is 0.408 e. The van der Waals surface area contributed by atoms with Crippen LogP contribution >= 0.6 is 0 Å². The predicted molar refractivity (Wildman–Crippen MR) is 161 cm³/mol. The first kappa shape index (κ1) is 29.8. The second kappa shape index (κ2) is 13.5. The number of hydrogen-bond acceptors (Lipinski definition) is 8. The number of nitrogens with zero attached hydrogens (tertiary/aromatic N) is 4. The fraction of sp³-hybridized carbons (Fsp3) is 0.406. The second-order valence-electron chi connectivity index (χ2n) is 11.1. The molecule has 3 N–H and O–H groups in total. The van der Waals surface area contributed by atoms with Crippen LogP contribution in [0, 0.1) is 6.92 Å². The molecule has 0 unspecified atom stereocenters. The van der Waals surface area contributed by atoms with E-state index in [9.17, 15) is 14.4 Å². The Balaban J connectivity index is 1.37. The maximum absolute atomic E-state index is 13.8. The number of carbonyl (C=O) groups is 3. The van der Waals surface area contributed by atoms with E-state index >= 15 is 0 Å². The number of benzene rings is 2. The number of rotatable bonds is 3. The quantitative estimate of drug-likeness (QED) is 0.440. The van der Waals surface area contributed by atoms with Gasteiger partial charge in [-0.2, -0.15) is 0 Å². The molecule has 1 fully saturated rings. The van der Waals surface area contributed by atoms with Crippen LogP contribution in [-0.4, -0.2) is 76.5 Å². The molecule has 0 spiro atoms. The van der Waals surface area contributed by atoms with Crippen molar-refractivity contribution in [2.45, 2.75) is 57.7 Å². The minimum absolute atomic E-state index is 0.102. The van der Waals surface area contributed by atoms with Gasteiger partial charge in [0, 0.05) is 31.4 Å². The first-order valence-electron chi connectivity index (χ1n) is 14.7. The molecule has 3 aliphatic rings. The maximum Gasteiger partial charge on any atom is 0.408 e. The number of nitrogens with two attached hydrogens (primary N) is 1. The number of aryl methyl sites for hydroxylation is 1. The average molecular weight is 587 g/mol. The van der Waals surface area contributed by atoms with Gasteiger partial charge in [-0.05, 0) is 68.9 Å². The summed E-state index contributed by atoms with van der Waals surface area (Å²) in [6.07, 6.45) is 2.60. The summed E-state index contributed by atoms with van der Waals surface area (Å²) < 4.78 is 11.5. The van der Waals surface area contributed by atoms with Crippen LogP contribution in [0.1, 0.15) is 53.8 Å². The van der Waals surface area contributed by atoms with Crippen LogP contribution in [0.15, 0.2) is 54.6 Å². The van der Waals surface area contributed by atoms with Crippen LogP contribution in [0.2, 0.25) is 0 Å². The predicted octanol–water partition coefficient (Wildman–Crippen LogP) is 3.95. The Hall–Kier alpha value is -4.67. The Morgan fingerprint density at radius 1 is 1.05 bits per heavy atom. The van der Waals surface area contributed by atoms with Crippen molar-refractivity contribution in [1.29, 1.82) is 0 Å². The van der Waals surface area contributed by atoms with Gasteiger partial charge in [0.25, 0.3) is 5.91 Å². The van der Waals surface area contributed by atoms with Crippen LogP contribution in [0.25, 0.3) is 11.4 Å². The van der Waals surface area contributed by atoms with E-state index in [-0.39, 0.29) is 31.1 Å². The summed E-state index contributed by atoms with van der Waals surface area (Å²) in [5.74, 6) is 0.500. The molecule has 11 nitrogen and oxygen atoms in total. The molecular weight excluding hydrogens is 548 g/mol. The lowest BCUT2D eigenvalue weighted by atomic mass is 10.1. The fourth-order valence-corrected chi connectivity index (χ4v) is 5.47. The van der Waals surface area contributed by atoms with Crippen LogP contribution < -0.4 is 15.8 Å². The molecule has 11 heteroatoms. The number of anilines is 1. The molecule has 3 aromatic rings. The Morgan fingerprint density at radius 2 is 1.86 bits per heavy atom. The van der Waals surface area contributed by atoms with E-state index in [0.29, 0.717) is 66.6 Å². The molecule has 0 saturated carbocycles. The molecule has 3 aliphatic heterocycles. The Labute approximate surface area is 251 Å². The Bertz CT molecular complexity index is 1470. The van der Waals surface area contributed by atoms with Gasteiger partial charge < -0.3 is 30.3 Å². The molecule has 226 valence electrons. The highest BCUT2D eigenvalue weighted by atomic mass is 16.5. The van der Waals surface area contributed by atoms with Crippen LogP contribution in [-0.2, 0) is 16.1 Å². The third kappa shape index (κ3) is 7.40. The molecule has 4 heterocycles. The summed E-state index contributed by atoms with van der Waals surface area (Å²) in [5.41, 5.74) is 9.24. The van der Waals surface area contributed by atoms with Gasteiger partial charge in [0.2, 0.25) is 5.91 Å². The number of nitrogen functional groups attached to an aromatic ring is 1. The summed E-state index contributed by atoms with van der Waals surface area (Å²) in [5, 5.41) is 2.81. The first-order valence-corrected chi connectivity index (χ1v) is 14.7. The maximum atomic E-state index is 13.8. The van der Waals surface area contributed by atoms with Crippen molar-refractivity contribution in [1.82, 2.24) is 25.1 Å². The molecule has 1 saturated heterocycles. The second-order valence-corrected chi connectivity index (χ2v) is 11.1. The number of nitrogens with one attached hydrogen (secondary N) is 1. The lowest BCUT2D eigenvalue weighted by molar-refractivity contribution is -0.135. The van der Waals surface area contributed by atoms with Crippen molar-refractivity contribution in [2.24, 2.45) is 0 Å². The molecule has 1 aromatic heterocycles. The van der Waals surface area contributed by atoms with Gasteiger partial charge in [-0.25, -0.2) is 14.8 Å². The van der Waals surface area contributed by atoms with Gasteiger partial charge in [0.1, 0.15) is 30.7 Å². The van der Waals surface area contributed by atoms with Gasteiger partial charge in [0.15, 0.2) is 5.82 Å². The number of hydrogen-bond donors (Lipinski definition) is 2. The van der Waals surface area contributed by atoms with E-state index in [1.807, 2.05) is 43.3 Å². The zero-order chi connectivity index (χ0) is 30.3. The summed E-state index contributed by atoms with van der Waals surface area (Å²) >= 11 is 0. The van der Waals surface area contributed by atoms with Crippen molar-refractivity contribution >= 4 is 23.6 Å². The van der Waals surface area contributed by atoms with E-state index in [0.717, 1.165) is 18.4 Å². The number of amides is 3. The van der Waals surface area contributed by atoms with E-state index in [2.05, 4.69) is 15.3 Å². The van der Waals surface area contributed by atoms with Crippen LogP contribution in [0.5, 0.6) is 5.75 Å². The summed E-state index contributed by atoms with van der Waals surface area (Å²) in [4.78, 5) is 52.3. The third-order valence-electron chi connectivity index (χ3n) is 7.82. The zero-order valence-corrected chi connectivity index (χ0v) is 24.6. The van der Waals surface area contributed by atoms with E-state index in [1.54, 1.807) is 35.0 Å². The van der Waals surface area contributed by atoms with Gasteiger partial charge >= 0.3 is 6.09 Å². The van der Waals surface area contributed by atoms with Gasteiger partial charge in [0.05, 0.1) is 11.7 Å². The minimum Gasteiger partial charge on any atom is -0.489 e. The van der Waals surface area contributed by atoms with Crippen molar-refractivity contribution in [2.75, 3.05) is 32.5 Å². The van der Waals surface area contributed by atoms with Crippen LogP contribution in [0.4, 0.5) is 10.5 Å². The summed E-state index contributed by atoms with van der Waals surface area (Å²) in [7, 11) is 1.72. The molecule has 3 amide bonds. The fourth-order valence-electron chi connectivity index (χ4n) is 5.47. The van der Waals surface area contributed by atoms with E-state index < -0.39 is 12.1 Å². The molecular formula is C32H38N6O5. The average Bonchev–Trinajstić information content (AvgIpc) is 3.48. The number of ether oxygens (including phenoxy) is 2. The standard InChI is InChI=1S/C32H38N6O5/c1-21-17-27-30(39)37(2)15-7-6-12-26(36-32(41)43-19-22-9-4-3-5-10-22)31(40)38-16-8-11-24(38)20-42-28-14-13-23(18-25(28)33)29(34-21)35-27/h3-5,9-10,13-14,17-18,24,26H,6-8,11-12,15-16,19-20,33H2,1-2H3,(H,36,41)/t24-,26-/m0/s1. The molecule has 0 aliphatic carbocycles. The van der Waals surface area contributed by atoms with Crippen molar-refractivity contribution in [3.63, 3.8) is 0 Å². The third-order valence-corrected chi connectivity index (χ3v) is 7.82. The number of aromatic nitrogens is 2. The number of carbonyl (C=O) groups excluding carboxylic acids is 3. The Kier molecular flexibility index (Phi) is 9.38. The van der Waals surface area contributed by atoms with Gasteiger partial charge in [-0.1, -0.05) is 30.3 Å². The van der Waals surface area contributed by atoms with Gasteiger partial charge in [-0.3, -0.25) is 9.59 Å². The number of alkyl carbamates (subject to hydrolysis) is 1. The van der Waals surface area contributed by atoms with E-state index in [1.165, 1.54) is 0 Å². The topological polar surface area (TPSA) is 140 Å². The monoisotopic (exact) mass is 586 g/mol. The largest absolute Gasteiger partial charge is 0.489 e. The minimum atomic E-state index is -0.775. The Morgan fingerprint density at radius 3 is 2.65 bits per heavy atom. The summed E-state index contributed by atoms with van der Waals surface area (Å²) in [6.45, 7) is 3.22. The van der Waals surface area contributed by atoms with Gasteiger partial charge in [-0.15, -0.1) is 0 Å². The first-order chi connectivity index (χ1) is 20.8. The molecule has 2 atom stereocenters.